The van der Waals surface area contributed by atoms with Crippen LogP contribution in [0.1, 0.15) is 77.6 Å². The minimum atomic E-state index is -1.07. The number of aliphatic hydroxyl groups is 1. The number of likely N-dealkylation sites (tertiary alicyclic amines) is 1. The summed E-state index contributed by atoms with van der Waals surface area (Å²) in [6.07, 6.45) is 5.98. The summed E-state index contributed by atoms with van der Waals surface area (Å²) in [5.41, 5.74) is -0.00344. The molecular weight excluding hydrogens is 438 g/mol. The number of hydrogen-bond donors (Lipinski definition) is 2. The minimum absolute atomic E-state index is 0.0818. The SMILES string of the molecule is COC1CCC(N2CCC(O)(c3ccc4c(c3)C(=O)N(C3CCC(=O)NC3=O)C4=O)CC2)CC1. The van der Waals surface area contributed by atoms with E-state index in [0.717, 1.165) is 43.7 Å². The average molecular weight is 470 g/mol. The number of fused-ring (bicyclic) bond motifs is 1. The molecule has 1 unspecified atom stereocenters. The van der Waals surface area contributed by atoms with Crippen LogP contribution in [0, 0.1) is 0 Å². The van der Waals surface area contributed by atoms with Crippen molar-refractivity contribution in [1.82, 2.24) is 15.1 Å². The van der Waals surface area contributed by atoms with Crippen molar-refractivity contribution in [3.63, 3.8) is 0 Å². The van der Waals surface area contributed by atoms with Crippen molar-refractivity contribution in [1.29, 1.82) is 0 Å². The molecule has 5 rings (SSSR count). The number of carbonyl (C=O) groups is 4. The standard InChI is InChI=1S/C25H31N3O6/c1-34-17-5-3-16(4-6-17)27-12-10-25(33,11-13-27)15-2-7-18-19(14-15)24(32)28(23(18)31)20-8-9-21(29)26-22(20)30/h2,7,14,16-17,20,33H,3-6,8-13H2,1H3,(H,26,29,30). The third-order valence-electron chi connectivity index (χ3n) is 8.10. The lowest BCUT2D eigenvalue weighted by Crippen LogP contribution is -2.54. The summed E-state index contributed by atoms with van der Waals surface area (Å²) >= 11 is 0. The van der Waals surface area contributed by atoms with Gasteiger partial charge >= 0.3 is 0 Å². The Hall–Kier alpha value is -2.62. The second-order valence-corrected chi connectivity index (χ2v) is 9.94. The molecule has 3 aliphatic heterocycles. The van der Waals surface area contributed by atoms with E-state index in [1.807, 2.05) is 0 Å². The van der Waals surface area contributed by atoms with E-state index in [0.29, 0.717) is 30.6 Å². The van der Waals surface area contributed by atoms with E-state index < -0.39 is 35.3 Å². The summed E-state index contributed by atoms with van der Waals surface area (Å²) < 4.78 is 5.48. The van der Waals surface area contributed by atoms with Gasteiger partial charge in [0, 0.05) is 32.7 Å². The van der Waals surface area contributed by atoms with Gasteiger partial charge in [-0.1, -0.05) is 6.07 Å². The predicted octanol–water partition coefficient (Wildman–Crippen LogP) is 1.33. The molecule has 4 amide bonds. The van der Waals surface area contributed by atoms with Crippen molar-refractivity contribution in [2.45, 2.75) is 75.2 Å². The zero-order valence-electron chi connectivity index (χ0n) is 19.4. The predicted molar refractivity (Wildman–Crippen MR) is 121 cm³/mol. The average Bonchev–Trinajstić information content (AvgIpc) is 3.09. The topological polar surface area (TPSA) is 116 Å². The fourth-order valence-electron chi connectivity index (χ4n) is 5.95. The molecule has 1 aromatic carbocycles. The molecule has 3 heterocycles. The van der Waals surface area contributed by atoms with Gasteiger partial charge in [0.25, 0.3) is 11.8 Å². The highest BCUT2D eigenvalue weighted by Gasteiger charge is 2.46. The number of hydrogen-bond acceptors (Lipinski definition) is 7. The lowest BCUT2D eigenvalue weighted by molar-refractivity contribution is -0.136. The van der Waals surface area contributed by atoms with Crippen LogP contribution < -0.4 is 5.32 Å². The number of carbonyl (C=O) groups excluding carboxylic acids is 4. The fourth-order valence-corrected chi connectivity index (χ4v) is 5.95. The summed E-state index contributed by atoms with van der Waals surface area (Å²) in [6, 6.07) is 4.43. The van der Waals surface area contributed by atoms with Crippen molar-refractivity contribution >= 4 is 23.6 Å². The lowest BCUT2D eigenvalue weighted by atomic mass is 9.81. The van der Waals surface area contributed by atoms with Crippen LogP contribution in [0.3, 0.4) is 0 Å². The van der Waals surface area contributed by atoms with E-state index in [1.54, 1.807) is 25.3 Å². The Bertz CT molecular complexity index is 1020. The van der Waals surface area contributed by atoms with Gasteiger partial charge in [-0.2, -0.15) is 0 Å². The third-order valence-corrected chi connectivity index (χ3v) is 8.10. The molecule has 3 fully saturated rings. The van der Waals surface area contributed by atoms with Crippen LogP contribution in [0.2, 0.25) is 0 Å². The number of piperidine rings is 2. The highest BCUT2D eigenvalue weighted by molar-refractivity contribution is 6.23. The molecule has 0 radical (unpaired) electrons. The van der Waals surface area contributed by atoms with Gasteiger partial charge in [-0.25, -0.2) is 0 Å². The number of rotatable bonds is 4. The Balaban J connectivity index is 1.29. The third kappa shape index (κ3) is 3.95. The zero-order valence-corrected chi connectivity index (χ0v) is 19.4. The van der Waals surface area contributed by atoms with E-state index in [1.165, 1.54) is 0 Å². The maximum atomic E-state index is 13.1. The summed E-state index contributed by atoms with van der Waals surface area (Å²) in [5, 5.41) is 13.7. The van der Waals surface area contributed by atoms with Gasteiger partial charge in [0.15, 0.2) is 0 Å². The van der Waals surface area contributed by atoms with Crippen molar-refractivity contribution in [2.75, 3.05) is 20.2 Å². The maximum Gasteiger partial charge on any atom is 0.262 e. The van der Waals surface area contributed by atoms with Crippen molar-refractivity contribution in [3.05, 3.63) is 34.9 Å². The quantitative estimate of drug-likeness (QED) is 0.639. The van der Waals surface area contributed by atoms with Crippen molar-refractivity contribution in [2.24, 2.45) is 0 Å². The van der Waals surface area contributed by atoms with Gasteiger partial charge in [0.1, 0.15) is 6.04 Å². The Morgan fingerprint density at radius 1 is 0.971 bits per heavy atom. The molecule has 1 aromatic rings. The van der Waals surface area contributed by atoms with Gasteiger partial charge in [0.2, 0.25) is 11.8 Å². The van der Waals surface area contributed by atoms with Gasteiger partial charge in [0.05, 0.1) is 22.8 Å². The summed E-state index contributed by atoms with van der Waals surface area (Å²) in [7, 11) is 1.77. The van der Waals surface area contributed by atoms with Crippen LogP contribution in [0.5, 0.6) is 0 Å². The largest absolute Gasteiger partial charge is 0.385 e. The van der Waals surface area contributed by atoms with Crippen molar-refractivity contribution in [3.8, 4) is 0 Å². The molecule has 1 aliphatic carbocycles. The minimum Gasteiger partial charge on any atom is -0.385 e. The second kappa shape index (κ2) is 8.87. The highest BCUT2D eigenvalue weighted by atomic mass is 16.5. The van der Waals surface area contributed by atoms with E-state index >= 15 is 0 Å². The molecule has 1 atom stereocenters. The Morgan fingerprint density at radius 3 is 2.29 bits per heavy atom. The maximum absolute atomic E-state index is 13.1. The first-order valence-corrected chi connectivity index (χ1v) is 12.2. The number of nitrogens with zero attached hydrogens (tertiary/aromatic N) is 2. The number of benzene rings is 1. The molecule has 182 valence electrons. The number of ether oxygens (including phenoxy) is 1. The molecule has 0 spiro atoms. The van der Waals surface area contributed by atoms with E-state index in [-0.39, 0.29) is 24.0 Å². The van der Waals surface area contributed by atoms with Crippen LogP contribution in [-0.4, -0.2) is 76.9 Å². The first-order valence-electron chi connectivity index (χ1n) is 12.2. The van der Waals surface area contributed by atoms with Crippen LogP contribution in [-0.2, 0) is 19.9 Å². The molecule has 2 N–H and O–H groups in total. The number of amides is 4. The molecule has 9 heteroatoms. The molecule has 0 aromatic heterocycles. The molecule has 34 heavy (non-hydrogen) atoms. The summed E-state index contributed by atoms with van der Waals surface area (Å²) in [4.78, 5) is 53.2. The normalized spacial score (nSPS) is 29.8. The van der Waals surface area contributed by atoms with Gasteiger partial charge < -0.3 is 14.7 Å². The smallest absolute Gasteiger partial charge is 0.262 e. The van der Waals surface area contributed by atoms with E-state index in [4.69, 9.17) is 4.74 Å². The Labute approximate surface area is 198 Å². The first-order chi connectivity index (χ1) is 16.3. The number of imide groups is 2. The fraction of sp³-hybridized carbons (Fsp3) is 0.600. The van der Waals surface area contributed by atoms with Crippen LogP contribution in [0.15, 0.2) is 18.2 Å². The molecular formula is C25H31N3O6. The molecule has 1 saturated carbocycles. The highest BCUT2D eigenvalue weighted by Crippen LogP contribution is 2.38. The van der Waals surface area contributed by atoms with Crippen LogP contribution >= 0.6 is 0 Å². The monoisotopic (exact) mass is 469 g/mol. The summed E-state index contributed by atoms with van der Waals surface area (Å²) in [5.74, 6) is -2.11. The van der Waals surface area contributed by atoms with E-state index in [9.17, 15) is 24.3 Å². The molecule has 0 bridgehead atoms. The Morgan fingerprint density at radius 2 is 1.65 bits per heavy atom. The molecule has 2 saturated heterocycles. The zero-order chi connectivity index (χ0) is 24.0. The number of methoxy groups -OCH3 is 1. The number of nitrogens with one attached hydrogen (secondary N) is 1. The van der Waals surface area contributed by atoms with Gasteiger partial charge in [-0.05, 0) is 62.6 Å². The van der Waals surface area contributed by atoms with Gasteiger partial charge in [-0.15, -0.1) is 0 Å². The Kier molecular flexibility index (Phi) is 6.03. The summed E-state index contributed by atoms with van der Waals surface area (Å²) in [6.45, 7) is 1.54. The first kappa shape index (κ1) is 23.1. The van der Waals surface area contributed by atoms with Crippen LogP contribution in [0.25, 0.3) is 0 Å². The van der Waals surface area contributed by atoms with Gasteiger partial charge in [-0.3, -0.25) is 29.4 Å². The van der Waals surface area contributed by atoms with Crippen molar-refractivity contribution < 1.29 is 29.0 Å². The lowest BCUT2D eigenvalue weighted by Gasteiger charge is -2.44. The molecule has 9 nitrogen and oxygen atoms in total. The van der Waals surface area contributed by atoms with E-state index in [2.05, 4.69) is 10.2 Å². The molecule has 4 aliphatic rings. The second-order valence-electron chi connectivity index (χ2n) is 9.94. The van der Waals surface area contributed by atoms with Crippen LogP contribution in [0.4, 0.5) is 0 Å².